The van der Waals surface area contributed by atoms with Gasteiger partial charge in [-0.2, -0.15) is 0 Å². The van der Waals surface area contributed by atoms with Gasteiger partial charge in [0, 0.05) is 19.6 Å². The van der Waals surface area contributed by atoms with Crippen molar-refractivity contribution < 1.29 is 14.2 Å². The fourth-order valence-electron chi connectivity index (χ4n) is 4.25. The molecule has 3 aromatic carbocycles. The Morgan fingerprint density at radius 1 is 0.455 bits per heavy atom. The monoisotopic (exact) mass is 447 g/mol. The summed E-state index contributed by atoms with van der Waals surface area (Å²) in [7, 11) is 5.11. The fourth-order valence-corrected chi connectivity index (χ4v) is 4.25. The number of rotatable bonds is 9. The van der Waals surface area contributed by atoms with Crippen molar-refractivity contribution in [3.05, 3.63) is 89.5 Å². The predicted octanol–water partition coefficient (Wildman–Crippen LogP) is 4.40. The molecule has 33 heavy (non-hydrogen) atoms. The highest BCUT2D eigenvalue weighted by molar-refractivity contribution is 5.29. The number of hydrogen-bond donors (Lipinski definition) is 0. The summed E-state index contributed by atoms with van der Waals surface area (Å²) in [5, 5.41) is 0. The number of nitrogens with zero attached hydrogens (tertiary/aromatic N) is 3. The molecule has 1 fully saturated rings. The zero-order chi connectivity index (χ0) is 23.0. The summed E-state index contributed by atoms with van der Waals surface area (Å²) >= 11 is 0. The summed E-state index contributed by atoms with van der Waals surface area (Å²) in [5.41, 5.74) is 3.85. The molecule has 0 aromatic heterocycles. The molecule has 0 unspecified atom stereocenters. The summed E-state index contributed by atoms with van der Waals surface area (Å²) in [5.74, 6) is 2.67. The van der Waals surface area contributed by atoms with Gasteiger partial charge in [0.1, 0.15) is 17.2 Å². The second-order valence-electron chi connectivity index (χ2n) is 8.46. The average Bonchev–Trinajstić information content (AvgIpc) is 2.85. The molecular weight excluding hydrogens is 414 g/mol. The summed E-state index contributed by atoms with van der Waals surface area (Å²) in [6, 6.07) is 25.1. The third kappa shape index (κ3) is 6.48. The standard InChI is InChI=1S/C27H33N3O3/c1-31-25-10-4-22(5-11-25)16-28-19-29(17-23-6-12-26(32-2)13-7-23)21-30(20-28)18-24-8-14-27(33-3)15-9-24/h4-15H,16-21H2,1-3H3. The fraction of sp³-hybridized carbons (Fsp3) is 0.333. The average molecular weight is 448 g/mol. The third-order valence-electron chi connectivity index (χ3n) is 5.90. The molecule has 1 aliphatic heterocycles. The van der Waals surface area contributed by atoms with Crippen LogP contribution in [0.4, 0.5) is 0 Å². The van der Waals surface area contributed by atoms with Gasteiger partial charge in [-0.3, -0.25) is 14.7 Å². The predicted molar refractivity (Wildman–Crippen MR) is 130 cm³/mol. The summed E-state index contributed by atoms with van der Waals surface area (Å²) in [6.45, 7) is 5.41. The van der Waals surface area contributed by atoms with Crippen molar-refractivity contribution in [1.82, 2.24) is 14.7 Å². The topological polar surface area (TPSA) is 37.4 Å². The number of benzene rings is 3. The number of hydrogen-bond acceptors (Lipinski definition) is 6. The minimum Gasteiger partial charge on any atom is -0.497 e. The van der Waals surface area contributed by atoms with Gasteiger partial charge in [0.2, 0.25) is 0 Å². The lowest BCUT2D eigenvalue weighted by Crippen LogP contribution is -2.53. The van der Waals surface area contributed by atoms with E-state index in [1.807, 2.05) is 36.4 Å². The minimum absolute atomic E-state index is 0.889. The summed E-state index contributed by atoms with van der Waals surface area (Å²) < 4.78 is 15.9. The van der Waals surface area contributed by atoms with E-state index < -0.39 is 0 Å². The van der Waals surface area contributed by atoms with E-state index >= 15 is 0 Å². The normalized spacial score (nSPS) is 15.4. The van der Waals surface area contributed by atoms with Crippen LogP contribution in [0.15, 0.2) is 72.8 Å². The molecule has 1 heterocycles. The van der Waals surface area contributed by atoms with Crippen molar-refractivity contribution in [3.63, 3.8) is 0 Å². The van der Waals surface area contributed by atoms with Crippen LogP contribution in [0.5, 0.6) is 17.2 Å². The molecule has 0 saturated carbocycles. The second-order valence-corrected chi connectivity index (χ2v) is 8.46. The van der Waals surface area contributed by atoms with E-state index in [1.165, 1.54) is 16.7 Å². The second kappa shape index (κ2) is 11.2. The van der Waals surface area contributed by atoms with Crippen molar-refractivity contribution in [2.75, 3.05) is 41.3 Å². The van der Waals surface area contributed by atoms with Crippen LogP contribution in [0.3, 0.4) is 0 Å². The first kappa shape index (κ1) is 23.1. The van der Waals surface area contributed by atoms with Crippen LogP contribution in [0.2, 0.25) is 0 Å². The van der Waals surface area contributed by atoms with Crippen LogP contribution in [0, 0.1) is 0 Å². The first-order valence-corrected chi connectivity index (χ1v) is 11.2. The van der Waals surface area contributed by atoms with Gasteiger partial charge >= 0.3 is 0 Å². The largest absolute Gasteiger partial charge is 0.497 e. The van der Waals surface area contributed by atoms with Gasteiger partial charge in [-0.15, -0.1) is 0 Å². The molecule has 1 aliphatic rings. The van der Waals surface area contributed by atoms with E-state index in [-0.39, 0.29) is 0 Å². The van der Waals surface area contributed by atoms with Gasteiger partial charge in [-0.25, -0.2) is 0 Å². The molecule has 3 aromatic rings. The maximum absolute atomic E-state index is 5.31. The first-order valence-electron chi connectivity index (χ1n) is 11.2. The van der Waals surface area contributed by atoms with Crippen LogP contribution < -0.4 is 14.2 Å². The SMILES string of the molecule is COc1ccc(CN2CN(Cc3ccc(OC)cc3)CN(Cc3ccc(OC)cc3)C2)cc1. The van der Waals surface area contributed by atoms with Gasteiger partial charge in [0.05, 0.1) is 41.3 Å². The van der Waals surface area contributed by atoms with Crippen LogP contribution in [0.1, 0.15) is 16.7 Å². The molecular formula is C27H33N3O3. The highest BCUT2D eigenvalue weighted by Gasteiger charge is 2.24. The van der Waals surface area contributed by atoms with Gasteiger partial charge < -0.3 is 14.2 Å². The Morgan fingerprint density at radius 3 is 0.909 bits per heavy atom. The smallest absolute Gasteiger partial charge is 0.118 e. The van der Waals surface area contributed by atoms with Crippen LogP contribution in [-0.4, -0.2) is 56.0 Å². The van der Waals surface area contributed by atoms with E-state index in [9.17, 15) is 0 Å². The van der Waals surface area contributed by atoms with Gasteiger partial charge in [0.15, 0.2) is 0 Å². The summed E-state index contributed by atoms with van der Waals surface area (Å²) in [4.78, 5) is 7.45. The molecule has 6 heteroatoms. The zero-order valence-corrected chi connectivity index (χ0v) is 19.7. The van der Waals surface area contributed by atoms with E-state index in [0.717, 1.165) is 56.9 Å². The van der Waals surface area contributed by atoms with E-state index in [4.69, 9.17) is 14.2 Å². The third-order valence-corrected chi connectivity index (χ3v) is 5.90. The molecule has 4 rings (SSSR count). The van der Waals surface area contributed by atoms with Crippen LogP contribution >= 0.6 is 0 Å². The van der Waals surface area contributed by atoms with Crippen molar-refractivity contribution in [1.29, 1.82) is 0 Å². The Labute approximate surface area is 196 Å². The molecule has 0 N–H and O–H groups in total. The van der Waals surface area contributed by atoms with Crippen molar-refractivity contribution in [2.45, 2.75) is 19.6 Å². The Bertz CT molecular complexity index is 853. The number of ether oxygens (including phenoxy) is 3. The molecule has 0 radical (unpaired) electrons. The quantitative estimate of drug-likeness (QED) is 0.484. The van der Waals surface area contributed by atoms with Gasteiger partial charge in [0.25, 0.3) is 0 Å². The molecule has 0 bridgehead atoms. The number of methoxy groups -OCH3 is 3. The maximum Gasteiger partial charge on any atom is 0.118 e. The summed E-state index contributed by atoms with van der Waals surface area (Å²) in [6.07, 6.45) is 0. The van der Waals surface area contributed by atoms with Gasteiger partial charge in [-0.05, 0) is 53.1 Å². The molecule has 0 amide bonds. The van der Waals surface area contributed by atoms with Crippen molar-refractivity contribution in [2.24, 2.45) is 0 Å². The lowest BCUT2D eigenvalue weighted by molar-refractivity contribution is -0.0422. The molecule has 0 atom stereocenters. The Morgan fingerprint density at radius 2 is 0.697 bits per heavy atom. The Balaban J connectivity index is 1.46. The zero-order valence-electron chi connectivity index (χ0n) is 19.7. The van der Waals surface area contributed by atoms with Crippen molar-refractivity contribution in [3.8, 4) is 17.2 Å². The van der Waals surface area contributed by atoms with E-state index in [2.05, 4.69) is 51.1 Å². The highest BCUT2D eigenvalue weighted by atomic mass is 16.5. The molecule has 0 aliphatic carbocycles. The Kier molecular flexibility index (Phi) is 7.83. The molecule has 1 saturated heterocycles. The van der Waals surface area contributed by atoms with E-state index in [0.29, 0.717) is 0 Å². The van der Waals surface area contributed by atoms with Crippen molar-refractivity contribution >= 4 is 0 Å². The molecule has 0 spiro atoms. The lowest BCUT2D eigenvalue weighted by Gasteiger charge is -2.42. The van der Waals surface area contributed by atoms with E-state index in [1.54, 1.807) is 21.3 Å². The first-order chi connectivity index (χ1) is 16.1. The maximum atomic E-state index is 5.31. The minimum atomic E-state index is 0.889. The van der Waals surface area contributed by atoms with Gasteiger partial charge in [-0.1, -0.05) is 36.4 Å². The van der Waals surface area contributed by atoms with Crippen LogP contribution in [-0.2, 0) is 19.6 Å². The molecule has 174 valence electrons. The highest BCUT2D eigenvalue weighted by Crippen LogP contribution is 2.20. The van der Waals surface area contributed by atoms with Crippen LogP contribution in [0.25, 0.3) is 0 Å². The lowest BCUT2D eigenvalue weighted by atomic mass is 10.2. The molecule has 6 nitrogen and oxygen atoms in total. The Hall–Kier alpha value is -3.06.